The predicted octanol–water partition coefficient (Wildman–Crippen LogP) is 2.77. The molecule has 5 rings (SSSR count). The number of hydrogen-bond donors (Lipinski definition) is 2. The molecule has 11 nitrogen and oxygen atoms in total. The fourth-order valence-corrected chi connectivity index (χ4v) is 4.52. The Kier molecular flexibility index (Phi) is 6.93. The number of nitrogens with one attached hydrogen (secondary N) is 1. The van der Waals surface area contributed by atoms with Gasteiger partial charge in [0.05, 0.1) is 13.1 Å². The number of halogens is 3. The van der Waals surface area contributed by atoms with Crippen molar-refractivity contribution in [2.75, 3.05) is 25.3 Å². The molecule has 0 aliphatic carbocycles. The summed E-state index contributed by atoms with van der Waals surface area (Å²) < 4.78 is 62.7. The van der Waals surface area contributed by atoms with Crippen LogP contribution in [0, 0.1) is 5.92 Å². The van der Waals surface area contributed by atoms with Crippen LogP contribution in [0.3, 0.4) is 0 Å². The third kappa shape index (κ3) is 5.54. The van der Waals surface area contributed by atoms with Gasteiger partial charge in [0.25, 0.3) is 11.3 Å². The van der Waals surface area contributed by atoms with Gasteiger partial charge in [0.1, 0.15) is 18.3 Å². The number of aliphatic carboxylic acids is 1. The van der Waals surface area contributed by atoms with E-state index in [1.807, 2.05) is 0 Å². The second-order valence-electron chi connectivity index (χ2n) is 8.92. The number of carbonyl (C=O) groups excluding carboxylic acids is 1. The molecule has 0 amide bonds. The molecule has 4 heterocycles. The number of nitrogens with zero attached hydrogens (tertiary/aromatic N) is 2. The lowest BCUT2D eigenvalue weighted by molar-refractivity contribution is -0.180. The Labute approximate surface area is 218 Å². The van der Waals surface area contributed by atoms with Crippen molar-refractivity contribution in [3.05, 3.63) is 63.8 Å². The van der Waals surface area contributed by atoms with Gasteiger partial charge in [-0.2, -0.15) is 17.9 Å². The van der Waals surface area contributed by atoms with E-state index in [9.17, 15) is 32.7 Å². The van der Waals surface area contributed by atoms with Gasteiger partial charge in [0.2, 0.25) is 6.79 Å². The molecular weight excluding hydrogens is 527 g/mol. The van der Waals surface area contributed by atoms with Crippen LogP contribution in [0.25, 0.3) is 0 Å². The molecule has 3 aromatic rings. The van der Waals surface area contributed by atoms with Gasteiger partial charge in [-0.3, -0.25) is 14.4 Å². The van der Waals surface area contributed by atoms with E-state index in [0.29, 0.717) is 36.2 Å². The number of carboxylic acids is 1. The number of aromatic nitrogens is 2. The molecule has 0 bridgehead atoms. The standard InChI is InChI=1S/C25H22F3N3O8/c26-25(27,28)22(33)21(24(34)35)16(13-1-3-17-19(9-13)38-12-37-17)10-15-11-20(32)31(39-15)7-5-14-2-4-18-23(30-14)29-6-8-36-18/h1-4,9,11,16,21H,5-8,10,12H2,(H,29,30)(H,34,35). The van der Waals surface area contributed by atoms with Crippen LogP contribution in [0.2, 0.25) is 0 Å². The number of fused-ring (bicyclic) bond motifs is 2. The highest BCUT2D eigenvalue weighted by Crippen LogP contribution is 2.40. The summed E-state index contributed by atoms with van der Waals surface area (Å²) in [6, 6.07) is 8.63. The minimum atomic E-state index is -5.40. The van der Waals surface area contributed by atoms with Gasteiger partial charge in [0, 0.05) is 30.5 Å². The molecule has 2 unspecified atom stereocenters. The average molecular weight is 549 g/mol. The van der Waals surface area contributed by atoms with Gasteiger partial charge in [-0.15, -0.1) is 0 Å². The zero-order valence-corrected chi connectivity index (χ0v) is 20.2. The normalized spacial score (nSPS) is 15.6. The Morgan fingerprint density at radius 2 is 1.85 bits per heavy atom. The minimum absolute atomic E-state index is 0.0595. The van der Waals surface area contributed by atoms with E-state index in [1.54, 1.807) is 12.1 Å². The van der Waals surface area contributed by atoms with Crippen LogP contribution in [0.4, 0.5) is 19.0 Å². The lowest BCUT2D eigenvalue weighted by Crippen LogP contribution is -2.39. The van der Waals surface area contributed by atoms with E-state index >= 15 is 0 Å². The number of carboxylic acid groups (broad SMARTS) is 1. The first kappa shape index (κ1) is 26.1. The lowest BCUT2D eigenvalue weighted by atomic mass is 9.80. The fraction of sp³-hybridized carbons (Fsp3) is 0.360. The van der Waals surface area contributed by atoms with E-state index in [4.69, 9.17) is 18.7 Å². The molecule has 2 aliphatic heterocycles. The molecular formula is C25H22F3N3O8. The van der Waals surface area contributed by atoms with Crippen molar-refractivity contribution in [2.24, 2.45) is 5.92 Å². The van der Waals surface area contributed by atoms with Crippen LogP contribution in [0.1, 0.15) is 22.9 Å². The first-order valence-corrected chi connectivity index (χ1v) is 11.9. The Morgan fingerprint density at radius 1 is 1.08 bits per heavy atom. The lowest BCUT2D eigenvalue weighted by Gasteiger charge is -2.23. The summed E-state index contributed by atoms with van der Waals surface area (Å²) in [5.74, 6) is -6.79. The molecule has 2 atom stereocenters. The summed E-state index contributed by atoms with van der Waals surface area (Å²) in [7, 11) is 0. The van der Waals surface area contributed by atoms with Crippen molar-refractivity contribution in [1.82, 2.24) is 9.72 Å². The molecule has 0 fully saturated rings. The molecule has 2 N–H and O–H groups in total. The molecule has 2 aromatic heterocycles. The zero-order valence-electron chi connectivity index (χ0n) is 20.2. The van der Waals surface area contributed by atoms with Crippen molar-refractivity contribution >= 4 is 17.6 Å². The van der Waals surface area contributed by atoms with Gasteiger partial charge in [-0.1, -0.05) is 6.07 Å². The maximum absolute atomic E-state index is 13.4. The van der Waals surface area contributed by atoms with Crippen LogP contribution in [0.15, 0.2) is 45.7 Å². The molecule has 2 aliphatic rings. The van der Waals surface area contributed by atoms with E-state index < -0.39 is 41.7 Å². The van der Waals surface area contributed by atoms with Crippen LogP contribution in [-0.4, -0.2) is 52.7 Å². The number of benzene rings is 1. The molecule has 0 saturated heterocycles. The summed E-state index contributed by atoms with van der Waals surface area (Å²) >= 11 is 0. The van der Waals surface area contributed by atoms with Gasteiger partial charge in [-0.05, 0) is 29.8 Å². The molecule has 0 radical (unpaired) electrons. The molecule has 0 spiro atoms. The smallest absolute Gasteiger partial charge is 0.450 e. The van der Waals surface area contributed by atoms with Crippen LogP contribution < -0.4 is 25.1 Å². The summed E-state index contributed by atoms with van der Waals surface area (Å²) in [5, 5.41) is 12.8. The number of pyridine rings is 1. The summed E-state index contributed by atoms with van der Waals surface area (Å²) in [6.07, 6.45) is -5.58. The minimum Gasteiger partial charge on any atom is -0.488 e. The Bertz CT molecular complexity index is 1470. The highest BCUT2D eigenvalue weighted by molar-refractivity contribution is 6.02. The molecule has 14 heteroatoms. The number of ether oxygens (including phenoxy) is 3. The van der Waals surface area contributed by atoms with Crippen LogP contribution in [-0.2, 0) is 29.0 Å². The number of Topliss-reactive ketones (excluding diaryl/α,β-unsaturated/α-hetero) is 1. The monoisotopic (exact) mass is 549 g/mol. The molecule has 1 aromatic carbocycles. The Balaban J connectivity index is 1.40. The molecule has 0 saturated carbocycles. The summed E-state index contributed by atoms with van der Waals surface area (Å²) in [4.78, 5) is 41.2. The number of carbonyl (C=O) groups is 2. The first-order valence-electron chi connectivity index (χ1n) is 11.9. The van der Waals surface area contributed by atoms with Gasteiger partial charge in [-0.25, -0.2) is 4.98 Å². The van der Waals surface area contributed by atoms with Gasteiger partial charge < -0.3 is 29.2 Å². The van der Waals surface area contributed by atoms with Crippen molar-refractivity contribution in [3.8, 4) is 17.2 Å². The fourth-order valence-electron chi connectivity index (χ4n) is 4.52. The quantitative estimate of drug-likeness (QED) is 0.383. The highest BCUT2D eigenvalue weighted by atomic mass is 19.4. The van der Waals surface area contributed by atoms with Crippen molar-refractivity contribution < 1.29 is 46.6 Å². The Hall–Kier alpha value is -4.49. The number of anilines is 1. The highest BCUT2D eigenvalue weighted by Gasteiger charge is 2.50. The van der Waals surface area contributed by atoms with Crippen molar-refractivity contribution in [3.63, 3.8) is 0 Å². The summed E-state index contributed by atoms with van der Waals surface area (Å²) in [6.45, 7) is 1.06. The average Bonchev–Trinajstić information content (AvgIpc) is 3.51. The van der Waals surface area contributed by atoms with Crippen molar-refractivity contribution in [1.29, 1.82) is 0 Å². The molecule has 206 valence electrons. The third-order valence-electron chi connectivity index (χ3n) is 6.37. The van der Waals surface area contributed by atoms with Crippen LogP contribution in [0.5, 0.6) is 17.2 Å². The summed E-state index contributed by atoms with van der Waals surface area (Å²) in [5.41, 5.74) is 0.132. The second-order valence-corrected chi connectivity index (χ2v) is 8.92. The number of aryl methyl sites for hydroxylation is 2. The van der Waals surface area contributed by atoms with E-state index in [2.05, 4.69) is 10.3 Å². The van der Waals surface area contributed by atoms with E-state index in [-0.39, 0.29) is 36.8 Å². The number of hydrogen-bond acceptors (Lipinski definition) is 9. The topological polar surface area (TPSA) is 142 Å². The van der Waals surface area contributed by atoms with Crippen molar-refractivity contribution in [2.45, 2.75) is 31.5 Å². The number of rotatable bonds is 9. The van der Waals surface area contributed by atoms with E-state index in [1.165, 1.54) is 18.2 Å². The largest absolute Gasteiger partial charge is 0.488 e. The second kappa shape index (κ2) is 10.3. The number of alkyl halides is 3. The number of ketones is 1. The zero-order chi connectivity index (χ0) is 27.7. The predicted molar refractivity (Wildman–Crippen MR) is 126 cm³/mol. The maximum Gasteiger partial charge on any atom is 0.450 e. The van der Waals surface area contributed by atoms with Gasteiger partial charge >= 0.3 is 12.1 Å². The maximum atomic E-state index is 13.4. The molecule has 39 heavy (non-hydrogen) atoms. The van der Waals surface area contributed by atoms with Gasteiger partial charge in [0.15, 0.2) is 23.1 Å². The van der Waals surface area contributed by atoms with Crippen LogP contribution >= 0.6 is 0 Å². The SMILES string of the molecule is O=C(O)C(C(=O)C(F)(F)F)C(Cc1cc(=O)n(CCc2ccc3c(n2)NCCO3)o1)c1ccc2c(c1)OCO2. The first-order chi connectivity index (χ1) is 18.6. The van der Waals surface area contributed by atoms with E-state index in [0.717, 1.165) is 10.8 Å². The third-order valence-corrected chi connectivity index (χ3v) is 6.37. The Morgan fingerprint density at radius 3 is 2.62 bits per heavy atom.